The van der Waals surface area contributed by atoms with E-state index in [-0.39, 0.29) is 36.1 Å². The van der Waals surface area contributed by atoms with Gasteiger partial charge in [-0.2, -0.15) is 0 Å². The van der Waals surface area contributed by atoms with Crippen LogP contribution in [0.2, 0.25) is 0 Å². The van der Waals surface area contributed by atoms with E-state index in [0.29, 0.717) is 12.0 Å². The summed E-state index contributed by atoms with van der Waals surface area (Å²) in [7, 11) is 3.03. The summed E-state index contributed by atoms with van der Waals surface area (Å²) in [4.78, 5) is 69.7. The number of carbonyl (C=O) groups excluding carboxylic acids is 5. The van der Waals surface area contributed by atoms with Crippen LogP contribution in [-0.2, 0) is 32.1 Å². The summed E-state index contributed by atoms with van der Waals surface area (Å²) in [5, 5.41) is 22.5. The molecule has 0 aliphatic heterocycles. The van der Waals surface area contributed by atoms with E-state index in [0.717, 1.165) is 19.4 Å². The van der Waals surface area contributed by atoms with Gasteiger partial charge in [0.2, 0.25) is 5.91 Å². The maximum Gasteiger partial charge on any atom is 0.235 e. The Bertz CT molecular complexity index is 1320. The lowest BCUT2D eigenvalue weighted by atomic mass is 9.52. The third kappa shape index (κ3) is 4.21. The van der Waals surface area contributed by atoms with E-state index >= 15 is 4.39 Å². The zero-order valence-corrected chi connectivity index (χ0v) is 23.1. The summed E-state index contributed by atoms with van der Waals surface area (Å²) in [6.45, 7) is 5.16. The lowest BCUT2D eigenvalue weighted by Gasteiger charge is -2.52. The van der Waals surface area contributed by atoms with Crippen LogP contribution >= 0.6 is 0 Å². The predicted molar refractivity (Wildman–Crippen MR) is 140 cm³/mol. The molecule has 11 heteroatoms. The Kier molecular flexibility index (Phi) is 6.99. The van der Waals surface area contributed by atoms with Gasteiger partial charge in [-0.25, -0.2) is 4.39 Å². The summed E-state index contributed by atoms with van der Waals surface area (Å²) in [5.74, 6) is -11.8. The number of amides is 1. The number of nitrogens with two attached hydrogens (primary N) is 1. The lowest BCUT2D eigenvalue weighted by molar-refractivity contribution is -0.181. The highest BCUT2D eigenvalue weighted by Gasteiger charge is 2.69. The molecule has 3 fully saturated rings. The summed E-state index contributed by atoms with van der Waals surface area (Å²) in [5.41, 5.74) is 2.46. The number of primary amides is 1. The molecule has 0 radical (unpaired) electrons. The Balaban J connectivity index is 1.56. The van der Waals surface area contributed by atoms with Crippen LogP contribution in [0.25, 0.3) is 0 Å². The van der Waals surface area contributed by atoms with Crippen molar-refractivity contribution in [1.29, 1.82) is 0 Å². The van der Waals surface area contributed by atoms with Crippen molar-refractivity contribution in [3.05, 3.63) is 28.6 Å². The zero-order chi connectivity index (χ0) is 29.4. The van der Waals surface area contributed by atoms with Crippen molar-refractivity contribution in [3.63, 3.8) is 0 Å². The van der Waals surface area contributed by atoms with Gasteiger partial charge in [-0.3, -0.25) is 33.8 Å². The Labute approximate surface area is 231 Å². The molecule has 0 saturated heterocycles. The molecule has 2 unspecified atom stereocenters. The number of hydrogen-bond acceptors (Lipinski definition) is 9. The third-order valence-corrected chi connectivity index (χ3v) is 9.11. The maximum atomic E-state index is 16.0. The summed E-state index contributed by atoms with van der Waals surface area (Å²) in [6.07, 6.45) is 1.82. The first kappa shape index (κ1) is 28.5. The molecule has 4 aliphatic carbocycles. The van der Waals surface area contributed by atoms with Crippen molar-refractivity contribution in [2.45, 2.75) is 63.8 Å². The highest BCUT2D eigenvalue weighted by atomic mass is 19.1. The lowest BCUT2D eigenvalue weighted by Crippen LogP contribution is -2.74. The van der Waals surface area contributed by atoms with E-state index in [1.165, 1.54) is 25.1 Å². The van der Waals surface area contributed by atoms with Gasteiger partial charge in [-0.05, 0) is 57.7 Å². The molecule has 4 N–H and O–H groups in total. The Morgan fingerprint density at radius 2 is 1.82 bits per heavy atom. The van der Waals surface area contributed by atoms with Crippen LogP contribution < -0.4 is 5.73 Å². The minimum atomic E-state index is -2.80. The van der Waals surface area contributed by atoms with Gasteiger partial charge in [0.25, 0.3) is 0 Å². The fourth-order valence-corrected chi connectivity index (χ4v) is 7.29. The number of benzene rings is 1. The predicted octanol–water partition coefficient (Wildman–Crippen LogP) is 0.627. The van der Waals surface area contributed by atoms with E-state index in [1.54, 1.807) is 0 Å². The normalized spacial score (nSPS) is 32.0. The quantitative estimate of drug-likeness (QED) is 0.409. The molecule has 4 aliphatic rings. The largest absolute Gasteiger partial charge is 0.507 e. The van der Waals surface area contributed by atoms with Crippen LogP contribution in [0.15, 0.2) is 6.07 Å². The molecule has 5 rings (SSSR count). The number of aromatic hydroxyl groups is 1. The molecule has 1 aromatic rings. The van der Waals surface area contributed by atoms with E-state index in [1.807, 2.05) is 0 Å². The second kappa shape index (κ2) is 9.81. The second-order valence-electron chi connectivity index (χ2n) is 12.6. The first-order valence-corrected chi connectivity index (χ1v) is 13.8. The second-order valence-corrected chi connectivity index (χ2v) is 12.6. The average molecular weight is 558 g/mol. The smallest absolute Gasteiger partial charge is 0.235 e. The van der Waals surface area contributed by atoms with Crippen molar-refractivity contribution < 1.29 is 38.6 Å². The number of hydrogen-bond donors (Lipinski definition) is 3. The fraction of sp³-hybridized carbons (Fsp3) is 0.621. The average Bonchev–Trinajstić information content (AvgIpc) is 3.69. The number of nitrogens with zero attached hydrogens (tertiary/aromatic N) is 2. The third-order valence-electron chi connectivity index (χ3n) is 9.11. The molecule has 0 bridgehead atoms. The number of aliphatic hydroxyl groups is 1. The van der Waals surface area contributed by atoms with E-state index in [2.05, 4.69) is 18.7 Å². The minimum absolute atomic E-state index is 0.00432. The molecule has 6 atom stereocenters. The number of ketones is 4. The van der Waals surface area contributed by atoms with E-state index in [9.17, 15) is 34.2 Å². The highest BCUT2D eigenvalue weighted by Crippen LogP contribution is 2.51. The number of fused-ring (bicyclic) bond motifs is 3. The van der Waals surface area contributed by atoms with Gasteiger partial charge in [0, 0.05) is 36.2 Å². The van der Waals surface area contributed by atoms with Crippen LogP contribution in [0, 0.1) is 35.4 Å². The van der Waals surface area contributed by atoms with Crippen molar-refractivity contribution >= 4 is 29.0 Å². The number of halogens is 1. The monoisotopic (exact) mass is 557 g/mol. The number of rotatable bonds is 7. The Morgan fingerprint density at radius 3 is 2.38 bits per heavy atom. The van der Waals surface area contributed by atoms with Gasteiger partial charge < -0.3 is 15.9 Å². The van der Waals surface area contributed by atoms with Crippen LogP contribution in [0.1, 0.15) is 54.6 Å². The van der Waals surface area contributed by atoms with Gasteiger partial charge in [0.1, 0.15) is 11.6 Å². The minimum Gasteiger partial charge on any atom is -0.507 e. The number of Topliss-reactive ketones (excluding diaryl/α,β-unsaturated/α-hetero) is 4. The molecule has 1 aromatic carbocycles. The molecule has 0 spiro atoms. The van der Waals surface area contributed by atoms with Crippen LogP contribution in [0.5, 0.6) is 5.75 Å². The SMILES string of the molecule is CC(C)CN(Cc1cc(O)c2c(c1F)C[C@H]1C[C@H]3[C@H](N(C)C)C(=O)C(C(N)=O)C(=O)[C@@]3(O)C(=O)C1C2=O)C1CC1. The summed E-state index contributed by atoms with van der Waals surface area (Å²) < 4.78 is 16.0. The fourth-order valence-electron chi connectivity index (χ4n) is 7.29. The van der Waals surface area contributed by atoms with Gasteiger partial charge >= 0.3 is 0 Å². The van der Waals surface area contributed by atoms with Gasteiger partial charge in [0.15, 0.2) is 34.7 Å². The molecular formula is C29H36FN3O7. The molecule has 0 heterocycles. The molecule has 10 nitrogen and oxygen atoms in total. The van der Waals surface area contributed by atoms with Gasteiger partial charge in [0.05, 0.1) is 17.5 Å². The summed E-state index contributed by atoms with van der Waals surface area (Å²) >= 11 is 0. The highest BCUT2D eigenvalue weighted by molar-refractivity contribution is 6.32. The molecule has 1 amide bonds. The van der Waals surface area contributed by atoms with Gasteiger partial charge in [-0.15, -0.1) is 0 Å². The molecule has 216 valence electrons. The van der Waals surface area contributed by atoms with Crippen LogP contribution in [-0.4, -0.2) is 87.4 Å². The topological polar surface area (TPSA) is 158 Å². The van der Waals surface area contributed by atoms with Gasteiger partial charge in [-0.1, -0.05) is 13.8 Å². The Morgan fingerprint density at radius 1 is 1.18 bits per heavy atom. The first-order chi connectivity index (χ1) is 18.7. The zero-order valence-electron chi connectivity index (χ0n) is 23.1. The Hall–Kier alpha value is -3.02. The molecule has 40 heavy (non-hydrogen) atoms. The van der Waals surface area contributed by atoms with Crippen molar-refractivity contribution in [1.82, 2.24) is 9.80 Å². The number of phenols is 1. The molecule has 0 aromatic heterocycles. The van der Waals surface area contributed by atoms with E-state index < -0.39 is 75.9 Å². The molecular weight excluding hydrogens is 521 g/mol. The first-order valence-electron chi connectivity index (χ1n) is 13.8. The van der Waals surface area contributed by atoms with E-state index in [4.69, 9.17) is 5.73 Å². The van der Waals surface area contributed by atoms with Crippen LogP contribution in [0.4, 0.5) is 4.39 Å². The van der Waals surface area contributed by atoms with Crippen LogP contribution in [0.3, 0.4) is 0 Å². The standard InChI is InChI=1S/C29H36FN3O7/c1-12(2)10-33(15-5-6-15)11-14-9-18(34)20-16(22(14)30)7-13-8-17-23(32(3)4)25(36)21(28(31)39)27(38)29(17,40)26(37)19(13)24(20)35/h9,12-13,15,17,19,21,23,34,40H,5-8,10-11H2,1-4H3,(H2,31,39)/t13-,17-,19?,21?,23-,29-/m0/s1. The number of likely N-dealkylation sites (N-methyl/N-ethyl adjacent to an activating group) is 1. The van der Waals surface area contributed by atoms with Crippen molar-refractivity contribution in [2.75, 3.05) is 20.6 Å². The number of carbonyl (C=O) groups is 5. The maximum absolute atomic E-state index is 16.0. The van der Waals surface area contributed by atoms with Crippen molar-refractivity contribution in [2.24, 2.45) is 35.3 Å². The van der Waals surface area contributed by atoms with Crippen molar-refractivity contribution in [3.8, 4) is 5.75 Å². The molecule has 3 saturated carbocycles. The number of phenolic OH excluding ortho intramolecular Hbond substituents is 1. The summed E-state index contributed by atoms with van der Waals surface area (Å²) in [6, 6.07) is 0.366.